The van der Waals surface area contributed by atoms with Crippen molar-refractivity contribution in [1.29, 1.82) is 0 Å². The molecule has 88 valence electrons. The van der Waals surface area contributed by atoms with Crippen molar-refractivity contribution in [3.63, 3.8) is 0 Å². The zero-order chi connectivity index (χ0) is 12.3. The molecule has 1 N–H and O–H groups in total. The summed E-state index contributed by atoms with van der Waals surface area (Å²) >= 11 is 0. The third-order valence-corrected chi connectivity index (χ3v) is 2.63. The van der Waals surface area contributed by atoms with Crippen LogP contribution in [0.1, 0.15) is 11.1 Å². The highest BCUT2D eigenvalue weighted by atomic mass is 19.1. The maximum atomic E-state index is 13.5. The molecule has 3 heteroatoms. The zero-order valence-corrected chi connectivity index (χ0v) is 9.48. The van der Waals surface area contributed by atoms with Crippen molar-refractivity contribution in [2.75, 3.05) is 7.11 Å². The standard InChI is InChI=1S/C14H13FO2/c1-17-11-7-5-10(6-8-11)9-12-13(15)3-2-4-14(12)16/h2-8,16H,9H2,1H3. The number of methoxy groups -OCH3 is 1. The van der Waals surface area contributed by atoms with Crippen LogP contribution >= 0.6 is 0 Å². The second-order valence-electron chi connectivity index (χ2n) is 3.76. The first-order valence-electron chi connectivity index (χ1n) is 5.30. The molecule has 2 aromatic carbocycles. The fourth-order valence-electron chi connectivity index (χ4n) is 1.67. The summed E-state index contributed by atoms with van der Waals surface area (Å²) in [6, 6.07) is 11.7. The molecule has 0 amide bonds. The van der Waals surface area contributed by atoms with E-state index in [0.717, 1.165) is 11.3 Å². The number of rotatable bonds is 3. The van der Waals surface area contributed by atoms with Crippen LogP contribution in [0.15, 0.2) is 42.5 Å². The van der Waals surface area contributed by atoms with Crippen LogP contribution in [0.2, 0.25) is 0 Å². The van der Waals surface area contributed by atoms with Crippen LogP contribution in [0.5, 0.6) is 11.5 Å². The van der Waals surface area contributed by atoms with Gasteiger partial charge in [0.2, 0.25) is 0 Å². The molecule has 0 radical (unpaired) electrons. The Bertz CT molecular complexity index is 486. The first kappa shape index (κ1) is 11.5. The molecule has 2 nitrogen and oxygen atoms in total. The summed E-state index contributed by atoms with van der Waals surface area (Å²) in [4.78, 5) is 0. The highest BCUT2D eigenvalue weighted by Gasteiger charge is 2.08. The average Bonchev–Trinajstić information content (AvgIpc) is 2.35. The SMILES string of the molecule is COc1ccc(Cc2c(O)cccc2F)cc1. The van der Waals surface area contributed by atoms with Crippen LogP contribution in [0, 0.1) is 5.82 Å². The molecule has 0 bridgehead atoms. The molecule has 0 spiro atoms. The second kappa shape index (κ2) is 4.87. The van der Waals surface area contributed by atoms with E-state index in [2.05, 4.69) is 0 Å². The van der Waals surface area contributed by atoms with Crippen LogP contribution in [0.4, 0.5) is 4.39 Å². The fraction of sp³-hybridized carbons (Fsp3) is 0.143. The lowest BCUT2D eigenvalue weighted by atomic mass is 10.0. The van der Waals surface area contributed by atoms with E-state index in [1.54, 1.807) is 7.11 Å². The Balaban J connectivity index is 2.25. The Labute approximate surface area is 99.3 Å². The van der Waals surface area contributed by atoms with Gasteiger partial charge in [-0.2, -0.15) is 0 Å². The number of phenolic OH excluding ortho intramolecular Hbond substituents is 1. The van der Waals surface area contributed by atoms with E-state index in [1.807, 2.05) is 24.3 Å². The lowest BCUT2D eigenvalue weighted by molar-refractivity contribution is 0.414. The Morgan fingerprint density at radius 1 is 1.12 bits per heavy atom. The van der Waals surface area contributed by atoms with Crippen LogP contribution < -0.4 is 4.74 Å². The van der Waals surface area contributed by atoms with Gasteiger partial charge in [-0.3, -0.25) is 0 Å². The molecule has 0 saturated carbocycles. The van der Waals surface area contributed by atoms with E-state index in [0.29, 0.717) is 12.0 Å². The number of ether oxygens (including phenoxy) is 1. The van der Waals surface area contributed by atoms with Gasteiger partial charge in [-0.15, -0.1) is 0 Å². The molecule has 0 atom stereocenters. The summed E-state index contributed by atoms with van der Waals surface area (Å²) < 4.78 is 18.5. The molecule has 0 aliphatic heterocycles. The van der Waals surface area contributed by atoms with Gasteiger partial charge in [0.05, 0.1) is 7.11 Å². The lowest BCUT2D eigenvalue weighted by Crippen LogP contribution is -1.93. The predicted molar refractivity (Wildman–Crippen MR) is 63.9 cm³/mol. The number of hydrogen-bond donors (Lipinski definition) is 1. The van der Waals surface area contributed by atoms with Gasteiger partial charge in [-0.25, -0.2) is 4.39 Å². The smallest absolute Gasteiger partial charge is 0.130 e. The van der Waals surface area contributed by atoms with E-state index in [-0.39, 0.29) is 11.6 Å². The van der Waals surface area contributed by atoms with Crippen LogP contribution in [0.25, 0.3) is 0 Å². The molecule has 0 saturated heterocycles. The Hall–Kier alpha value is -2.03. The number of aromatic hydroxyl groups is 1. The van der Waals surface area contributed by atoms with Gasteiger partial charge < -0.3 is 9.84 Å². The molecule has 0 aromatic heterocycles. The molecule has 0 fully saturated rings. The third kappa shape index (κ3) is 2.56. The molecular formula is C14H13FO2. The van der Waals surface area contributed by atoms with Gasteiger partial charge in [0.15, 0.2) is 0 Å². The van der Waals surface area contributed by atoms with Crippen molar-refractivity contribution < 1.29 is 14.2 Å². The molecule has 0 unspecified atom stereocenters. The van der Waals surface area contributed by atoms with Gasteiger partial charge in [0.25, 0.3) is 0 Å². The van der Waals surface area contributed by atoms with Crippen LogP contribution in [-0.4, -0.2) is 12.2 Å². The van der Waals surface area contributed by atoms with Crippen LogP contribution in [-0.2, 0) is 6.42 Å². The summed E-state index contributed by atoms with van der Waals surface area (Å²) in [6.45, 7) is 0. The summed E-state index contributed by atoms with van der Waals surface area (Å²) in [7, 11) is 1.59. The first-order chi connectivity index (χ1) is 8.20. The summed E-state index contributed by atoms with van der Waals surface area (Å²) in [5, 5.41) is 9.59. The van der Waals surface area contributed by atoms with Crippen molar-refractivity contribution in [2.24, 2.45) is 0 Å². The second-order valence-corrected chi connectivity index (χ2v) is 3.76. The fourth-order valence-corrected chi connectivity index (χ4v) is 1.67. The van der Waals surface area contributed by atoms with Gasteiger partial charge in [0.1, 0.15) is 17.3 Å². The molecule has 2 aromatic rings. The number of phenols is 1. The van der Waals surface area contributed by atoms with Gasteiger partial charge in [0, 0.05) is 12.0 Å². The van der Waals surface area contributed by atoms with Gasteiger partial charge in [-0.05, 0) is 29.8 Å². The predicted octanol–water partition coefficient (Wildman–Crippen LogP) is 3.13. The Morgan fingerprint density at radius 3 is 2.41 bits per heavy atom. The van der Waals surface area contributed by atoms with E-state index in [4.69, 9.17) is 4.74 Å². The minimum absolute atomic E-state index is 0.0131. The third-order valence-electron chi connectivity index (χ3n) is 2.63. The lowest BCUT2D eigenvalue weighted by Gasteiger charge is -2.07. The first-order valence-corrected chi connectivity index (χ1v) is 5.30. The zero-order valence-electron chi connectivity index (χ0n) is 9.48. The summed E-state index contributed by atoms with van der Waals surface area (Å²) in [5.41, 5.74) is 1.24. The minimum atomic E-state index is -0.388. The summed E-state index contributed by atoms with van der Waals surface area (Å²) in [6.07, 6.45) is 0.364. The van der Waals surface area contributed by atoms with Gasteiger partial charge >= 0.3 is 0 Å². The van der Waals surface area contributed by atoms with E-state index < -0.39 is 0 Å². The van der Waals surface area contributed by atoms with E-state index in [9.17, 15) is 9.50 Å². The largest absolute Gasteiger partial charge is 0.508 e. The number of hydrogen-bond acceptors (Lipinski definition) is 2. The van der Waals surface area contributed by atoms with Crippen molar-refractivity contribution >= 4 is 0 Å². The van der Waals surface area contributed by atoms with E-state index >= 15 is 0 Å². The monoisotopic (exact) mass is 232 g/mol. The molecule has 0 aliphatic rings. The van der Waals surface area contributed by atoms with Crippen molar-refractivity contribution in [2.45, 2.75) is 6.42 Å². The normalized spacial score (nSPS) is 10.2. The minimum Gasteiger partial charge on any atom is -0.508 e. The number of halogens is 1. The Kier molecular flexibility index (Phi) is 3.28. The number of benzene rings is 2. The highest BCUT2D eigenvalue weighted by Crippen LogP contribution is 2.23. The van der Waals surface area contributed by atoms with E-state index in [1.165, 1.54) is 18.2 Å². The van der Waals surface area contributed by atoms with Crippen LogP contribution in [0.3, 0.4) is 0 Å². The highest BCUT2D eigenvalue weighted by molar-refractivity contribution is 5.38. The van der Waals surface area contributed by atoms with Gasteiger partial charge in [-0.1, -0.05) is 18.2 Å². The quantitative estimate of drug-likeness (QED) is 0.881. The molecule has 0 heterocycles. The average molecular weight is 232 g/mol. The molecule has 2 rings (SSSR count). The molecule has 17 heavy (non-hydrogen) atoms. The topological polar surface area (TPSA) is 29.5 Å². The van der Waals surface area contributed by atoms with Crippen molar-refractivity contribution in [3.05, 3.63) is 59.4 Å². The molecule has 0 aliphatic carbocycles. The Morgan fingerprint density at radius 2 is 1.82 bits per heavy atom. The van der Waals surface area contributed by atoms with Crippen molar-refractivity contribution in [3.8, 4) is 11.5 Å². The summed E-state index contributed by atoms with van der Waals surface area (Å²) in [5.74, 6) is 0.355. The molecular weight excluding hydrogens is 219 g/mol. The maximum Gasteiger partial charge on any atom is 0.130 e. The van der Waals surface area contributed by atoms with Crippen molar-refractivity contribution in [1.82, 2.24) is 0 Å². The maximum absolute atomic E-state index is 13.5.